The molecule has 0 bridgehead atoms. The van der Waals surface area contributed by atoms with Crippen molar-refractivity contribution >= 4 is 6.29 Å². The van der Waals surface area contributed by atoms with E-state index >= 15 is 0 Å². The van der Waals surface area contributed by atoms with Gasteiger partial charge in [0.2, 0.25) is 0 Å². The third-order valence-electron chi connectivity index (χ3n) is 1.42. The predicted octanol–water partition coefficient (Wildman–Crippen LogP) is -3.38. The van der Waals surface area contributed by atoms with E-state index in [1.807, 2.05) is 0 Å². The summed E-state index contributed by atoms with van der Waals surface area (Å²) in [5.74, 6) is 0. The summed E-state index contributed by atoms with van der Waals surface area (Å²) in [6.07, 6.45) is -6.84. The molecule has 0 aliphatic heterocycles. The molecule has 0 unspecified atom stereocenters. The molecule has 0 aromatic rings. The summed E-state index contributed by atoms with van der Waals surface area (Å²) in [5, 5.41) is 43.5. The number of hydrogen-bond donors (Lipinski definition) is 5. The van der Waals surface area contributed by atoms with Gasteiger partial charge in [0.1, 0.15) is 24.4 Å². The zero-order valence-electron chi connectivity index (χ0n) is 6.24. The molecule has 12 heavy (non-hydrogen) atoms. The maximum Gasteiger partial charge on any atom is 0.151 e. The van der Waals surface area contributed by atoms with Crippen LogP contribution >= 0.6 is 0 Å². The first-order chi connectivity index (χ1) is 5.54. The van der Waals surface area contributed by atoms with E-state index in [1.54, 1.807) is 0 Å². The van der Waals surface area contributed by atoms with Crippen LogP contribution in [0.25, 0.3) is 0 Å². The average Bonchev–Trinajstić information content (AvgIpc) is 2.12. The SMILES string of the molecule is O=C[C@H](O)[C@@H](O)[C@@H](O)[13C@@H](O)CO. The monoisotopic (exact) mass is 181 g/mol. The molecule has 0 aliphatic carbocycles. The fourth-order valence-corrected chi connectivity index (χ4v) is 0.618. The minimum atomic E-state index is -1.79. The minimum absolute atomic E-state index is 0.0258. The van der Waals surface area contributed by atoms with Gasteiger partial charge >= 0.3 is 0 Å². The molecule has 0 heterocycles. The maximum absolute atomic E-state index is 9.90. The summed E-state index contributed by atoms with van der Waals surface area (Å²) < 4.78 is 0. The van der Waals surface area contributed by atoms with E-state index in [2.05, 4.69) is 0 Å². The van der Waals surface area contributed by atoms with Gasteiger partial charge in [0.15, 0.2) is 6.29 Å². The lowest BCUT2D eigenvalue weighted by molar-refractivity contribution is -0.136. The highest BCUT2D eigenvalue weighted by Gasteiger charge is 2.29. The van der Waals surface area contributed by atoms with Crippen molar-refractivity contribution in [3.63, 3.8) is 0 Å². The van der Waals surface area contributed by atoms with Crippen LogP contribution in [0.2, 0.25) is 0 Å². The molecule has 0 saturated heterocycles. The van der Waals surface area contributed by atoms with E-state index in [0.717, 1.165) is 0 Å². The Morgan fingerprint density at radius 2 is 1.58 bits per heavy atom. The van der Waals surface area contributed by atoms with Crippen LogP contribution < -0.4 is 0 Å². The molecule has 0 rings (SSSR count). The quantitative estimate of drug-likeness (QED) is 0.223. The van der Waals surface area contributed by atoms with Crippen molar-refractivity contribution in [1.82, 2.24) is 0 Å². The van der Waals surface area contributed by atoms with Gasteiger partial charge in [-0.05, 0) is 0 Å². The second-order valence-electron chi connectivity index (χ2n) is 2.36. The van der Waals surface area contributed by atoms with Gasteiger partial charge in [-0.2, -0.15) is 0 Å². The zero-order valence-corrected chi connectivity index (χ0v) is 6.24. The Hall–Kier alpha value is -0.530. The standard InChI is InChI=1S/C6H12O6/c7-1-3(9)5(11)6(12)4(10)2-8/h1,3-6,8-12H,2H2/t3-,4-,5+,6-/m0/s1/i4+1. The highest BCUT2D eigenvalue weighted by atomic mass is 16.4. The lowest BCUT2D eigenvalue weighted by atomic mass is 10.1. The largest absolute Gasteiger partial charge is 0.394 e. The Bertz CT molecular complexity index is 138. The molecule has 6 nitrogen and oxygen atoms in total. The average molecular weight is 181 g/mol. The van der Waals surface area contributed by atoms with Crippen LogP contribution in [0.5, 0.6) is 0 Å². The fraction of sp³-hybridized carbons (Fsp3) is 0.833. The van der Waals surface area contributed by atoms with Gasteiger partial charge in [-0.1, -0.05) is 0 Å². The van der Waals surface area contributed by atoms with Gasteiger partial charge in [0, 0.05) is 0 Å². The van der Waals surface area contributed by atoms with Crippen molar-refractivity contribution in [2.45, 2.75) is 24.4 Å². The number of carbonyl (C=O) groups is 1. The number of rotatable bonds is 5. The molecule has 0 radical (unpaired) electrons. The number of aldehydes is 1. The lowest BCUT2D eigenvalue weighted by Gasteiger charge is -2.22. The second-order valence-corrected chi connectivity index (χ2v) is 2.36. The van der Waals surface area contributed by atoms with E-state index < -0.39 is 31.0 Å². The van der Waals surface area contributed by atoms with E-state index in [4.69, 9.17) is 25.5 Å². The molecule has 5 N–H and O–H groups in total. The van der Waals surface area contributed by atoms with E-state index in [9.17, 15) is 4.79 Å². The van der Waals surface area contributed by atoms with Gasteiger partial charge in [-0.25, -0.2) is 0 Å². The van der Waals surface area contributed by atoms with Crippen molar-refractivity contribution in [2.75, 3.05) is 6.61 Å². The van der Waals surface area contributed by atoms with Crippen LogP contribution in [0.1, 0.15) is 0 Å². The number of hydrogen-bond acceptors (Lipinski definition) is 6. The maximum atomic E-state index is 9.90. The van der Waals surface area contributed by atoms with Crippen LogP contribution in [0.4, 0.5) is 0 Å². The van der Waals surface area contributed by atoms with Crippen LogP contribution in [0.3, 0.4) is 0 Å². The first-order valence-corrected chi connectivity index (χ1v) is 3.33. The highest BCUT2D eigenvalue weighted by molar-refractivity contribution is 5.56. The molecule has 0 amide bonds. The predicted molar refractivity (Wildman–Crippen MR) is 37.2 cm³/mol. The summed E-state index contributed by atoms with van der Waals surface area (Å²) in [4.78, 5) is 9.90. The van der Waals surface area contributed by atoms with Gasteiger partial charge in [-0.15, -0.1) is 0 Å². The normalized spacial score (nSPS) is 21.1. The molecule has 72 valence electrons. The molecular weight excluding hydrogens is 169 g/mol. The summed E-state index contributed by atoms with van der Waals surface area (Å²) in [5.41, 5.74) is 0. The Morgan fingerprint density at radius 1 is 1.08 bits per heavy atom. The van der Waals surface area contributed by atoms with E-state index in [0.29, 0.717) is 0 Å². The molecule has 0 aromatic heterocycles. The molecule has 6 heteroatoms. The van der Waals surface area contributed by atoms with E-state index in [-0.39, 0.29) is 6.29 Å². The van der Waals surface area contributed by atoms with Crippen LogP contribution in [-0.4, -0.2) is 62.8 Å². The topological polar surface area (TPSA) is 118 Å². The third kappa shape index (κ3) is 2.84. The summed E-state index contributed by atoms with van der Waals surface area (Å²) in [6.45, 7) is -0.760. The summed E-state index contributed by atoms with van der Waals surface area (Å²) >= 11 is 0. The number of aliphatic hydroxyl groups is 5. The van der Waals surface area contributed by atoms with Crippen molar-refractivity contribution in [1.29, 1.82) is 0 Å². The van der Waals surface area contributed by atoms with Crippen LogP contribution in [0, 0.1) is 0 Å². The summed E-state index contributed by atoms with van der Waals surface area (Å²) in [7, 11) is 0. The van der Waals surface area contributed by atoms with Crippen LogP contribution in [0.15, 0.2) is 0 Å². The van der Waals surface area contributed by atoms with Crippen molar-refractivity contribution < 1.29 is 30.3 Å². The molecule has 0 spiro atoms. The van der Waals surface area contributed by atoms with E-state index in [1.165, 1.54) is 0 Å². The number of carbonyl (C=O) groups excluding carboxylic acids is 1. The Morgan fingerprint density at radius 3 is 1.92 bits per heavy atom. The minimum Gasteiger partial charge on any atom is -0.394 e. The lowest BCUT2D eigenvalue weighted by Crippen LogP contribution is -2.46. The second kappa shape index (κ2) is 5.18. The Labute approximate surface area is 68.7 Å². The zero-order chi connectivity index (χ0) is 9.72. The molecule has 0 aromatic carbocycles. The van der Waals surface area contributed by atoms with Gasteiger partial charge in [-0.3, -0.25) is 0 Å². The smallest absolute Gasteiger partial charge is 0.151 e. The molecule has 0 aliphatic rings. The molecule has 0 saturated carbocycles. The number of aliphatic hydroxyl groups excluding tert-OH is 5. The van der Waals surface area contributed by atoms with Gasteiger partial charge in [0.25, 0.3) is 0 Å². The first-order valence-electron chi connectivity index (χ1n) is 3.33. The van der Waals surface area contributed by atoms with Gasteiger partial charge < -0.3 is 30.3 Å². The highest BCUT2D eigenvalue weighted by Crippen LogP contribution is 2.02. The van der Waals surface area contributed by atoms with Crippen molar-refractivity contribution in [3.05, 3.63) is 0 Å². The molecule has 0 fully saturated rings. The summed E-state index contributed by atoms with van der Waals surface area (Å²) in [6, 6.07) is 0. The van der Waals surface area contributed by atoms with Gasteiger partial charge in [0.05, 0.1) is 6.61 Å². The third-order valence-corrected chi connectivity index (χ3v) is 1.42. The Kier molecular flexibility index (Phi) is 4.95. The first kappa shape index (κ1) is 11.5. The fourth-order valence-electron chi connectivity index (χ4n) is 0.618. The molecule has 4 atom stereocenters. The van der Waals surface area contributed by atoms with Crippen molar-refractivity contribution in [2.24, 2.45) is 0 Å². The van der Waals surface area contributed by atoms with Crippen LogP contribution in [-0.2, 0) is 4.79 Å². The van der Waals surface area contributed by atoms with Crippen molar-refractivity contribution in [3.8, 4) is 0 Å². The molecular formula is C6H12O6. The Balaban J connectivity index is 4.07.